The SMILES string of the molecule is CCOC(=O)Oc1c[nH]c2c(=O)[nH]c3ccc(S(=O)(=O)Nc4ccccc4OC)cc3c12. The fourth-order valence-electron chi connectivity index (χ4n) is 3.29. The van der Waals surface area contributed by atoms with Crippen LogP contribution in [-0.2, 0) is 14.8 Å². The number of fused-ring (bicyclic) bond motifs is 3. The number of sulfonamides is 1. The van der Waals surface area contributed by atoms with Gasteiger partial charge in [0.2, 0.25) is 0 Å². The minimum atomic E-state index is -4.01. The van der Waals surface area contributed by atoms with Crippen molar-refractivity contribution in [2.75, 3.05) is 18.4 Å². The Bertz CT molecular complexity index is 1490. The van der Waals surface area contributed by atoms with Crippen LogP contribution < -0.4 is 19.8 Å². The summed E-state index contributed by atoms with van der Waals surface area (Å²) in [6.07, 6.45) is 0.397. The van der Waals surface area contributed by atoms with E-state index in [-0.39, 0.29) is 33.8 Å². The van der Waals surface area contributed by atoms with E-state index in [0.717, 1.165) is 0 Å². The van der Waals surface area contributed by atoms with Gasteiger partial charge in [-0.25, -0.2) is 13.2 Å². The topological polar surface area (TPSA) is 140 Å². The largest absolute Gasteiger partial charge is 0.513 e. The van der Waals surface area contributed by atoms with Gasteiger partial charge in [0, 0.05) is 17.1 Å². The molecule has 0 aliphatic heterocycles. The third-order valence-electron chi connectivity index (χ3n) is 4.70. The van der Waals surface area contributed by atoms with Gasteiger partial charge in [0.25, 0.3) is 15.6 Å². The fraction of sp³-hybridized carbons (Fsp3) is 0.143. The van der Waals surface area contributed by atoms with Crippen molar-refractivity contribution in [3.8, 4) is 11.5 Å². The summed E-state index contributed by atoms with van der Waals surface area (Å²) < 4.78 is 43.8. The first-order chi connectivity index (χ1) is 15.3. The Balaban J connectivity index is 1.84. The van der Waals surface area contributed by atoms with Crippen molar-refractivity contribution < 1.29 is 27.4 Å². The molecule has 2 heterocycles. The van der Waals surface area contributed by atoms with E-state index < -0.39 is 21.7 Å². The van der Waals surface area contributed by atoms with Gasteiger partial charge in [-0.15, -0.1) is 0 Å². The molecule has 4 rings (SSSR count). The predicted octanol–water partition coefficient (Wildman–Crippen LogP) is 3.35. The third kappa shape index (κ3) is 3.85. The van der Waals surface area contributed by atoms with Crippen LogP contribution in [0.4, 0.5) is 10.5 Å². The molecule has 2 aromatic heterocycles. The van der Waals surface area contributed by atoms with Crippen LogP contribution in [0.15, 0.2) is 58.4 Å². The summed E-state index contributed by atoms with van der Waals surface area (Å²) >= 11 is 0. The monoisotopic (exact) mass is 457 g/mol. The van der Waals surface area contributed by atoms with Crippen molar-refractivity contribution in [1.29, 1.82) is 0 Å². The van der Waals surface area contributed by atoms with E-state index in [0.29, 0.717) is 16.7 Å². The summed E-state index contributed by atoms with van der Waals surface area (Å²) in [4.78, 5) is 29.6. The molecule has 166 valence electrons. The number of benzene rings is 2. The molecule has 0 aliphatic carbocycles. The summed E-state index contributed by atoms with van der Waals surface area (Å²) in [5, 5.41) is 0.620. The van der Waals surface area contributed by atoms with Crippen LogP contribution in [0, 0.1) is 0 Å². The number of aromatic nitrogens is 2. The first kappa shape index (κ1) is 21.2. The summed E-state index contributed by atoms with van der Waals surface area (Å²) in [6.45, 7) is 1.74. The number of para-hydroxylation sites is 2. The first-order valence-electron chi connectivity index (χ1n) is 9.51. The molecule has 0 spiro atoms. The maximum atomic E-state index is 13.1. The Morgan fingerprint density at radius 3 is 2.66 bits per heavy atom. The molecule has 0 unspecified atom stereocenters. The lowest BCUT2D eigenvalue weighted by Gasteiger charge is -2.12. The average Bonchev–Trinajstić information content (AvgIpc) is 3.18. The highest BCUT2D eigenvalue weighted by Gasteiger charge is 2.20. The third-order valence-corrected chi connectivity index (χ3v) is 6.06. The predicted molar refractivity (Wildman–Crippen MR) is 118 cm³/mol. The highest BCUT2D eigenvalue weighted by Crippen LogP contribution is 2.33. The molecule has 0 aliphatic rings. The Morgan fingerprint density at radius 2 is 1.91 bits per heavy atom. The highest BCUT2D eigenvalue weighted by molar-refractivity contribution is 7.92. The van der Waals surface area contributed by atoms with E-state index in [1.165, 1.54) is 31.5 Å². The lowest BCUT2D eigenvalue weighted by Crippen LogP contribution is -2.14. The number of pyridine rings is 1. The van der Waals surface area contributed by atoms with E-state index in [1.54, 1.807) is 31.2 Å². The number of anilines is 1. The Labute approximate surface area is 182 Å². The molecule has 0 saturated heterocycles. The lowest BCUT2D eigenvalue weighted by atomic mass is 10.1. The van der Waals surface area contributed by atoms with Crippen LogP contribution in [0.25, 0.3) is 21.8 Å². The number of ether oxygens (including phenoxy) is 3. The Kier molecular flexibility index (Phi) is 5.49. The Hall–Kier alpha value is -3.99. The van der Waals surface area contributed by atoms with Gasteiger partial charge < -0.3 is 24.2 Å². The van der Waals surface area contributed by atoms with Crippen LogP contribution >= 0.6 is 0 Å². The van der Waals surface area contributed by atoms with Crippen LogP contribution in [0.1, 0.15) is 6.92 Å². The van der Waals surface area contributed by atoms with Crippen molar-refractivity contribution in [3.05, 3.63) is 59.0 Å². The smallest absolute Gasteiger partial charge is 0.495 e. The maximum absolute atomic E-state index is 13.1. The quantitative estimate of drug-likeness (QED) is 0.377. The van der Waals surface area contributed by atoms with E-state index in [4.69, 9.17) is 14.2 Å². The van der Waals surface area contributed by atoms with Crippen LogP contribution in [0.5, 0.6) is 11.5 Å². The minimum Gasteiger partial charge on any atom is -0.495 e. The number of carbonyl (C=O) groups is 1. The van der Waals surface area contributed by atoms with Gasteiger partial charge in [0.1, 0.15) is 11.3 Å². The number of aromatic amines is 2. The number of rotatable bonds is 6. The summed E-state index contributed by atoms with van der Waals surface area (Å²) in [7, 11) is -2.57. The number of hydrogen-bond acceptors (Lipinski definition) is 7. The summed E-state index contributed by atoms with van der Waals surface area (Å²) in [6, 6.07) is 10.8. The van der Waals surface area contributed by atoms with Crippen molar-refractivity contribution in [3.63, 3.8) is 0 Å². The fourth-order valence-corrected chi connectivity index (χ4v) is 4.39. The zero-order valence-electron chi connectivity index (χ0n) is 17.1. The van der Waals surface area contributed by atoms with Crippen LogP contribution in [0.2, 0.25) is 0 Å². The van der Waals surface area contributed by atoms with E-state index >= 15 is 0 Å². The molecule has 0 amide bonds. The highest BCUT2D eigenvalue weighted by atomic mass is 32.2. The number of H-pyrrole nitrogens is 2. The van der Waals surface area contributed by atoms with Gasteiger partial charge >= 0.3 is 6.16 Å². The number of nitrogens with one attached hydrogen (secondary N) is 3. The van der Waals surface area contributed by atoms with E-state index in [9.17, 15) is 18.0 Å². The molecule has 11 heteroatoms. The number of hydrogen-bond donors (Lipinski definition) is 3. The molecule has 4 aromatic rings. The molecule has 0 fully saturated rings. The van der Waals surface area contributed by atoms with Gasteiger partial charge in [0.05, 0.1) is 29.7 Å². The number of carbonyl (C=O) groups excluding carboxylic acids is 1. The maximum Gasteiger partial charge on any atom is 0.513 e. The van der Waals surface area contributed by atoms with Crippen LogP contribution in [0.3, 0.4) is 0 Å². The zero-order chi connectivity index (χ0) is 22.9. The van der Waals surface area contributed by atoms with Gasteiger partial charge in [-0.1, -0.05) is 12.1 Å². The summed E-state index contributed by atoms with van der Waals surface area (Å²) in [5.74, 6) is 0.404. The first-order valence-corrected chi connectivity index (χ1v) is 11.0. The molecule has 32 heavy (non-hydrogen) atoms. The molecule has 0 radical (unpaired) electrons. The second-order valence-corrected chi connectivity index (χ2v) is 8.34. The van der Waals surface area contributed by atoms with Crippen molar-refractivity contribution >= 4 is 43.7 Å². The molecular formula is C21H19N3O7S. The molecular weight excluding hydrogens is 438 g/mol. The molecule has 0 bridgehead atoms. The zero-order valence-corrected chi connectivity index (χ0v) is 17.9. The minimum absolute atomic E-state index is 0.0433. The van der Waals surface area contributed by atoms with Gasteiger partial charge in [-0.3, -0.25) is 9.52 Å². The summed E-state index contributed by atoms with van der Waals surface area (Å²) in [5.41, 5.74) is 0.319. The van der Waals surface area contributed by atoms with Crippen LogP contribution in [-0.4, -0.2) is 38.3 Å². The molecule has 10 nitrogen and oxygen atoms in total. The second kappa shape index (κ2) is 8.27. The lowest BCUT2D eigenvalue weighted by molar-refractivity contribution is 0.105. The molecule has 0 atom stereocenters. The van der Waals surface area contributed by atoms with E-state index in [1.807, 2.05) is 0 Å². The standard InChI is InChI=1S/C21H19N3O7S/c1-3-30-21(26)31-17-11-22-19-18(17)13-10-12(8-9-14(13)23-20(19)25)32(27,28)24-15-6-4-5-7-16(15)29-2/h4-11,22,24H,3H2,1-2H3,(H,23,25). The average molecular weight is 457 g/mol. The second-order valence-electron chi connectivity index (χ2n) is 6.66. The van der Waals surface area contributed by atoms with Gasteiger partial charge in [0.15, 0.2) is 5.75 Å². The molecule has 0 saturated carbocycles. The number of methoxy groups -OCH3 is 1. The Morgan fingerprint density at radius 1 is 1.12 bits per heavy atom. The van der Waals surface area contributed by atoms with Gasteiger partial charge in [-0.05, 0) is 37.3 Å². The molecule has 2 aromatic carbocycles. The van der Waals surface area contributed by atoms with Crippen molar-refractivity contribution in [1.82, 2.24) is 9.97 Å². The van der Waals surface area contributed by atoms with Gasteiger partial charge in [-0.2, -0.15) is 0 Å². The normalized spacial score (nSPS) is 11.4. The van der Waals surface area contributed by atoms with Crippen molar-refractivity contribution in [2.45, 2.75) is 11.8 Å². The van der Waals surface area contributed by atoms with Crippen molar-refractivity contribution in [2.24, 2.45) is 0 Å². The van der Waals surface area contributed by atoms with E-state index in [2.05, 4.69) is 14.7 Å². The molecule has 3 N–H and O–H groups in total.